The first-order valence-corrected chi connectivity index (χ1v) is 32.0. The van der Waals surface area contributed by atoms with Crippen molar-refractivity contribution in [3.63, 3.8) is 0 Å². The molecule has 17 heteroatoms. The Balaban J connectivity index is 0.000000159. The van der Waals surface area contributed by atoms with Crippen molar-refractivity contribution in [2.45, 2.75) is 127 Å². The van der Waals surface area contributed by atoms with E-state index in [-0.39, 0.29) is 28.6 Å². The molecule has 0 radical (unpaired) electrons. The summed E-state index contributed by atoms with van der Waals surface area (Å²) < 4.78 is 13.6. The second-order valence-electron chi connectivity index (χ2n) is 21.5. The van der Waals surface area contributed by atoms with E-state index < -0.39 is 0 Å². The highest BCUT2D eigenvalue weighted by Gasteiger charge is 2.39. The summed E-state index contributed by atoms with van der Waals surface area (Å²) in [5.41, 5.74) is 6.56. The van der Waals surface area contributed by atoms with Gasteiger partial charge in [-0.15, -0.1) is 24.7 Å². The van der Waals surface area contributed by atoms with Crippen LogP contribution in [0.4, 0.5) is 0 Å². The van der Waals surface area contributed by atoms with Gasteiger partial charge in [-0.2, -0.15) is 20.5 Å². The Labute approximate surface area is 496 Å². The molecule has 0 atom stereocenters. The molecular formula is C64H71IN10O4S2. The number of thiazole rings is 2. The third-order valence-corrected chi connectivity index (χ3v) is 18.3. The fraction of sp³-hybridized carbons (Fsp3) is 0.438. The summed E-state index contributed by atoms with van der Waals surface area (Å²) in [5, 5.41) is 26.5. The number of phenols is 1. The van der Waals surface area contributed by atoms with E-state index in [4.69, 9.17) is 27.6 Å². The van der Waals surface area contributed by atoms with Crippen molar-refractivity contribution >= 4 is 87.2 Å². The summed E-state index contributed by atoms with van der Waals surface area (Å²) in [4.78, 5) is 42.1. The Morgan fingerprint density at radius 3 is 1.58 bits per heavy atom. The van der Waals surface area contributed by atoms with Gasteiger partial charge in [-0.05, 0) is 151 Å². The van der Waals surface area contributed by atoms with Gasteiger partial charge in [0, 0.05) is 90.4 Å². The van der Waals surface area contributed by atoms with E-state index in [0.717, 1.165) is 139 Å². The monoisotopic (exact) mass is 1230 g/mol. The van der Waals surface area contributed by atoms with E-state index in [1.165, 1.54) is 64.7 Å². The molecule has 8 heterocycles. The molecule has 2 saturated heterocycles. The number of carbonyl (C=O) groups excluding carboxylic acids is 2. The van der Waals surface area contributed by atoms with Crippen LogP contribution >= 0.6 is 45.3 Å². The van der Waals surface area contributed by atoms with Gasteiger partial charge in [0.1, 0.15) is 11.5 Å². The molecule has 0 aliphatic carbocycles. The van der Waals surface area contributed by atoms with E-state index in [2.05, 4.69) is 75.3 Å². The second-order valence-corrected chi connectivity index (χ2v) is 24.6. The van der Waals surface area contributed by atoms with Crippen molar-refractivity contribution in [3.05, 3.63) is 108 Å². The number of phenolic OH excluding ortho intramolecular Hbond substituents is 1. The van der Waals surface area contributed by atoms with Crippen LogP contribution in [0.25, 0.3) is 52.9 Å². The van der Waals surface area contributed by atoms with E-state index >= 15 is 0 Å². The first-order chi connectivity index (χ1) is 39.7. The molecule has 8 aromatic rings. The van der Waals surface area contributed by atoms with Crippen LogP contribution in [0.5, 0.6) is 11.5 Å². The Morgan fingerprint density at radius 2 is 1.09 bits per heavy atom. The Hall–Kier alpha value is -6.35. The number of terminal acetylenes is 2. The Kier molecular flexibility index (Phi) is 19.7. The fourth-order valence-electron chi connectivity index (χ4n) is 10.8. The zero-order chi connectivity index (χ0) is 56.0. The number of unbranched alkanes of at least 4 members (excludes halogenated alkanes) is 2. The minimum absolute atomic E-state index is 0.0481. The lowest BCUT2D eigenvalue weighted by Crippen LogP contribution is -2.30. The molecule has 4 aliphatic heterocycles. The number of para-hydroxylation sites is 2. The third kappa shape index (κ3) is 15.0. The highest BCUT2D eigenvalue weighted by molar-refractivity contribution is 14.1. The van der Waals surface area contributed by atoms with Gasteiger partial charge in [0.15, 0.2) is 32.8 Å². The van der Waals surface area contributed by atoms with Gasteiger partial charge in [0.05, 0.1) is 38.4 Å². The van der Waals surface area contributed by atoms with Crippen LogP contribution in [0.3, 0.4) is 0 Å². The number of ketones is 2. The van der Waals surface area contributed by atoms with Crippen LogP contribution in [0, 0.1) is 24.7 Å². The van der Waals surface area contributed by atoms with E-state index in [1.807, 2.05) is 83.4 Å². The maximum absolute atomic E-state index is 12.9. The van der Waals surface area contributed by atoms with Gasteiger partial charge in [-0.1, -0.05) is 82.4 Å². The van der Waals surface area contributed by atoms with Crippen LogP contribution in [0.2, 0.25) is 0 Å². The van der Waals surface area contributed by atoms with Crippen LogP contribution < -0.4 is 4.74 Å². The van der Waals surface area contributed by atoms with Gasteiger partial charge < -0.3 is 19.6 Å². The van der Waals surface area contributed by atoms with Crippen LogP contribution in [-0.2, 0) is 0 Å². The minimum atomic E-state index is -0.357. The maximum Gasteiger partial charge on any atom is 0.195 e. The third-order valence-electron chi connectivity index (χ3n) is 15.7. The standard InChI is InChI=1S/C32H35N5O2S.C25H27N3O2S.C7H9IN2/c1-2-3-16-32(34-35-32)17-21-39-29-13-6-5-11-25(29)26-23-37-27-15-14-24(22-30(27)40-31(37)33-26)28(38)12-7-10-20-36-18-8-4-9-19-36;29-22(9-4-7-15-27-13-5-1-6-14-27)18-11-12-21-24(16-18)31-25-26-20(17-28(21)25)19-8-2-3-10-23(19)30;1-2-3-4-7(5-6-8)9-10-7/h1,5-6,11,13-15,22-23H,3-4,7-10,12,16-21H2;2-3,8,10-12,16-17,30H,1,4-7,9,13-15H2;1H,3-6H2. The average molecular weight is 1240 g/mol. The normalized spacial score (nSPS) is 16.1. The number of benzene rings is 4. The number of imidazole rings is 2. The summed E-state index contributed by atoms with van der Waals surface area (Å²) in [6, 6.07) is 27.2. The molecular weight excluding hydrogens is 1160 g/mol. The second kappa shape index (κ2) is 27.6. The van der Waals surface area contributed by atoms with Crippen molar-refractivity contribution in [2.24, 2.45) is 20.5 Å². The summed E-state index contributed by atoms with van der Waals surface area (Å²) in [7, 11) is 0. The predicted molar refractivity (Wildman–Crippen MR) is 336 cm³/mol. The SMILES string of the molecule is C#CCCC1(CCI)N=N1.C#CCCC1(CCOc2ccccc2-c2cn3c(n2)sc2cc(C(=O)CCCCN4CCCCC4)ccc23)N=N1.O=C(CCCCN1CCCCC1)c1ccc2c(c1)sc1nc(-c3ccccc3O)cn12. The van der Waals surface area contributed by atoms with Crippen molar-refractivity contribution in [1.82, 2.24) is 28.6 Å². The lowest BCUT2D eigenvalue weighted by molar-refractivity contribution is 0.0969. The predicted octanol–water partition coefficient (Wildman–Crippen LogP) is 15.5. The number of alkyl halides is 1. The summed E-state index contributed by atoms with van der Waals surface area (Å²) in [6.07, 6.45) is 32.7. The van der Waals surface area contributed by atoms with Crippen molar-refractivity contribution in [3.8, 4) is 58.7 Å². The quantitative estimate of drug-likeness (QED) is 0.0206. The van der Waals surface area contributed by atoms with Crippen LogP contribution in [0.15, 0.2) is 118 Å². The summed E-state index contributed by atoms with van der Waals surface area (Å²) in [6.45, 7) is 7.61. The molecule has 0 saturated carbocycles. The highest BCUT2D eigenvalue weighted by atomic mass is 127. The van der Waals surface area contributed by atoms with E-state index in [9.17, 15) is 14.7 Å². The first-order valence-electron chi connectivity index (χ1n) is 28.8. The molecule has 4 aliphatic rings. The smallest absolute Gasteiger partial charge is 0.195 e. The largest absolute Gasteiger partial charge is 0.507 e. The number of carbonyl (C=O) groups is 2. The number of halogens is 1. The summed E-state index contributed by atoms with van der Waals surface area (Å²) >= 11 is 5.52. The molecule has 4 aromatic heterocycles. The zero-order valence-corrected chi connectivity index (χ0v) is 49.9. The lowest BCUT2D eigenvalue weighted by atomic mass is 10.0. The number of aromatic hydroxyl groups is 1. The van der Waals surface area contributed by atoms with Gasteiger partial charge in [-0.25, -0.2) is 9.97 Å². The maximum atomic E-state index is 12.9. The molecule has 2 fully saturated rings. The molecule has 81 heavy (non-hydrogen) atoms. The number of hydrogen-bond acceptors (Lipinski definition) is 14. The van der Waals surface area contributed by atoms with Crippen molar-refractivity contribution in [2.75, 3.05) is 50.3 Å². The molecule has 0 unspecified atom stereocenters. The Bertz CT molecular complexity index is 3600. The van der Waals surface area contributed by atoms with Crippen LogP contribution in [-0.4, -0.2) is 107 Å². The number of piperidine rings is 2. The number of rotatable bonds is 24. The van der Waals surface area contributed by atoms with E-state index in [1.54, 1.807) is 34.8 Å². The topological polar surface area (TPSA) is 154 Å². The molecule has 0 amide bonds. The molecule has 12 rings (SSSR count). The number of hydrogen-bond donors (Lipinski definition) is 1. The molecule has 4 aromatic carbocycles. The van der Waals surface area contributed by atoms with Crippen LogP contribution in [0.1, 0.15) is 136 Å². The van der Waals surface area contributed by atoms with Crippen molar-refractivity contribution < 1.29 is 19.4 Å². The number of fused-ring (bicyclic) bond motifs is 6. The number of ether oxygens (including phenoxy) is 1. The van der Waals surface area contributed by atoms with E-state index in [0.29, 0.717) is 32.3 Å². The Morgan fingerprint density at radius 1 is 0.605 bits per heavy atom. The van der Waals surface area contributed by atoms with Gasteiger partial charge in [0.25, 0.3) is 0 Å². The first kappa shape index (κ1) is 57.9. The number of aromatic nitrogens is 4. The number of likely N-dealkylation sites (tertiary alicyclic amines) is 2. The average Bonchev–Trinajstić information content (AvgIpc) is 4.45. The lowest BCUT2D eigenvalue weighted by Gasteiger charge is -2.26. The molecule has 0 bridgehead atoms. The van der Waals surface area contributed by atoms with Gasteiger partial charge >= 0.3 is 0 Å². The minimum Gasteiger partial charge on any atom is -0.507 e. The molecule has 14 nitrogen and oxygen atoms in total. The highest BCUT2D eigenvalue weighted by Crippen LogP contribution is 2.40. The van der Waals surface area contributed by atoms with Crippen molar-refractivity contribution in [1.29, 1.82) is 0 Å². The molecule has 0 spiro atoms. The number of Topliss-reactive ketones (excluding diaryl/α,β-unsaturated/α-hetero) is 2. The number of nitrogens with zero attached hydrogens (tertiary/aromatic N) is 10. The van der Waals surface area contributed by atoms with Gasteiger partial charge in [0.2, 0.25) is 0 Å². The van der Waals surface area contributed by atoms with Gasteiger partial charge in [-0.3, -0.25) is 18.4 Å². The molecule has 420 valence electrons. The molecule has 1 N–H and O–H groups in total. The fourth-order valence-corrected chi connectivity index (χ4v) is 13.8. The zero-order valence-electron chi connectivity index (χ0n) is 46.1. The summed E-state index contributed by atoms with van der Waals surface area (Å²) in [5.74, 6) is 6.73.